The van der Waals surface area contributed by atoms with Gasteiger partial charge in [0.25, 0.3) is 0 Å². The number of quaternary nitrogens is 1. The number of hydrogen-bond donors (Lipinski definition) is 2. The second kappa shape index (κ2) is 12.7. The minimum absolute atomic E-state index is 0.0123. The highest BCUT2D eigenvalue weighted by atomic mass is 16.5. The maximum atomic E-state index is 12.3. The van der Waals surface area contributed by atoms with Crippen molar-refractivity contribution in [3.05, 3.63) is 95.2 Å². The third kappa shape index (κ3) is 8.75. The van der Waals surface area contributed by atoms with Crippen molar-refractivity contribution in [2.75, 3.05) is 32.5 Å². The number of fused-ring (bicyclic) bond motifs is 1. The van der Waals surface area contributed by atoms with E-state index < -0.39 is 18.0 Å². The van der Waals surface area contributed by atoms with E-state index in [2.05, 4.69) is 5.32 Å². The van der Waals surface area contributed by atoms with Gasteiger partial charge in [0.05, 0.1) is 26.3 Å². The number of nitrogens with one attached hydrogen (secondary N) is 1. The first-order chi connectivity index (χ1) is 17.6. The number of hydrogen-bond acceptors (Lipinski definition) is 5. The summed E-state index contributed by atoms with van der Waals surface area (Å²) in [7, 11) is 4.05. The van der Waals surface area contributed by atoms with Gasteiger partial charge >= 0.3 is 12.1 Å². The van der Waals surface area contributed by atoms with E-state index in [1.807, 2.05) is 80.8 Å². The van der Waals surface area contributed by atoms with Gasteiger partial charge in [-0.3, -0.25) is 10.1 Å². The molecular formula is C28H31N3O6. The minimum Gasteiger partial charge on any atom is -0.756 e. The van der Waals surface area contributed by atoms with Gasteiger partial charge < -0.3 is 24.6 Å². The largest absolute Gasteiger partial charge is 0.756 e. The second-order valence-electron chi connectivity index (χ2n) is 9.33. The predicted molar refractivity (Wildman–Crippen MR) is 141 cm³/mol. The fourth-order valence-corrected chi connectivity index (χ4v) is 3.92. The van der Waals surface area contributed by atoms with Crippen LogP contribution in [0.1, 0.15) is 17.5 Å². The summed E-state index contributed by atoms with van der Waals surface area (Å²) in [6, 6.07) is 21.3. The average Bonchev–Trinajstić information content (AvgIpc) is 2.86. The monoisotopic (exact) mass is 505 g/mol. The van der Waals surface area contributed by atoms with Gasteiger partial charge in [0.2, 0.25) is 5.91 Å². The maximum Gasteiger partial charge on any atom is 0.411 e. The number of carbonyl (C=O) groups excluding carboxylic acids is 2. The molecule has 0 fully saturated rings. The van der Waals surface area contributed by atoms with E-state index in [9.17, 15) is 19.6 Å². The number of benzene rings is 3. The number of rotatable bonds is 11. The van der Waals surface area contributed by atoms with E-state index >= 15 is 0 Å². The van der Waals surface area contributed by atoms with Crippen LogP contribution in [0.15, 0.2) is 78.9 Å². The normalized spacial score (nSPS) is 11.4. The van der Waals surface area contributed by atoms with Gasteiger partial charge in [-0.2, -0.15) is 0 Å². The van der Waals surface area contributed by atoms with Crippen molar-refractivity contribution in [2.45, 2.75) is 19.6 Å². The van der Waals surface area contributed by atoms with Crippen molar-refractivity contribution in [3.8, 4) is 0 Å². The van der Waals surface area contributed by atoms with E-state index in [1.165, 1.54) is 0 Å². The third-order valence-corrected chi connectivity index (χ3v) is 5.77. The molecule has 3 aromatic rings. The molecule has 0 unspecified atom stereocenters. The fourth-order valence-electron chi connectivity index (χ4n) is 3.92. The number of carboxylic acids is 1. The highest BCUT2D eigenvalue weighted by Gasteiger charge is 2.16. The van der Waals surface area contributed by atoms with Gasteiger partial charge in [0, 0.05) is 36.1 Å². The maximum absolute atomic E-state index is 12.3. The lowest BCUT2D eigenvalue weighted by molar-refractivity contribution is -0.903. The van der Waals surface area contributed by atoms with E-state index in [1.54, 1.807) is 0 Å². The molecule has 0 radical (unpaired) electrons. The molecule has 0 spiro atoms. The SMILES string of the molecule is C[N+](C)(CCCN([O-])C(=O)/C=C/C(=O)O)Cc1ccc(COC(=O)Nc2cccc3ccccc23)cc1. The van der Waals surface area contributed by atoms with E-state index in [0.29, 0.717) is 35.8 Å². The molecule has 3 rings (SSSR count). The summed E-state index contributed by atoms with van der Waals surface area (Å²) in [6.07, 6.45) is 1.36. The van der Waals surface area contributed by atoms with Gasteiger partial charge in [-0.1, -0.05) is 60.7 Å². The molecule has 0 atom stereocenters. The highest BCUT2D eigenvalue weighted by Crippen LogP contribution is 2.23. The first-order valence-corrected chi connectivity index (χ1v) is 11.8. The van der Waals surface area contributed by atoms with Gasteiger partial charge in [0.15, 0.2) is 0 Å². The first kappa shape index (κ1) is 27.4. The lowest BCUT2D eigenvalue weighted by Crippen LogP contribution is -2.41. The number of aliphatic carboxylic acids is 1. The van der Waals surface area contributed by atoms with Crippen LogP contribution in [0.2, 0.25) is 0 Å². The zero-order chi connectivity index (χ0) is 26.8. The Bertz CT molecular complexity index is 1270. The molecule has 0 heterocycles. The zero-order valence-corrected chi connectivity index (χ0v) is 20.9. The van der Waals surface area contributed by atoms with Crippen LogP contribution in [0.4, 0.5) is 10.5 Å². The quantitative estimate of drug-likeness (QED) is 0.225. The van der Waals surface area contributed by atoms with Gasteiger partial charge in [-0.15, -0.1) is 0 Å². The van der Waals surface area contributed by atoms with E-state index in [4.69, 9.17) is 9.84 Å². The molecule has 37 heavy (non-hydrogen) atoms. The number of carboxylic acid groups (broad SMARTS) is 1. The van der Waals surface area contributed by atoms with Crippen molar-refractivity contribution in [3.63, 3.8) is 0 Å². The number of anilines is 1. The lowest BCUT2D eigenvalue weighted by Gasteiger charge is -2.32. The Labute approximate surface area is 215 Å². The van der Waals surface area contributed by atoms with Crippen LogP contribution in [0.5, 0.6) is 0 Å². The number of nitrogens with zero attached hydrogens (tertiary/aromatic N) is 2. The molecule has 0 saturated carbocycles. The topological polar surface area (TPSA) is 119 Å². The van der Waals surface area contributed by atoms with Crippen molar-refractivity contribution in [1.29, 1.82) is 0 Å². The van der Waals surface area contributed by atoms with Crippen molar-refractivity contribution in [2.24, 2.45) is 0 Å². The fraction of sp³-hybridized carbons (Fsp3) is 0.250. The number of ether oxygens (including phenoxy) is 1. The summed E-state index contributed by atoms with van der Waals surface area (Å²) in [4.78, 5) is 34.4. The van der Waals surface area contributed by atoms with Gasteiger partial charge in [0.1, 0.15) is 13.2 Å². The molecule has 2 N–H and O–H groups in total. The third-order valence-electron chi connectivity index (χ3n) is 5.77. The Hall–Kier alpha value is -4.21. The molecule has 0 aliphatic rings. The Balaban J connectivity index is 1.44. The molecule has 0 aromatic heterocycles. The Morgan fingerprint density at radius 1 is 0.973 bits per heavy atom. The molecule has 0 bridgehead atoms. The van der Waals surface area contributed by atoms with Crippen molar-refractivity contribution >= 4 is 34.4 Å². The predicted octanol–water partition coefficient (Wildman–Crippen LogP) is 4.52. The van der Waals surface area contributed by atoms with Crippen LogP contribution in [0.25, 0.3) is 10.8 Å². The van der Waals surface area contributed by atoms with Crippen LogP contribution in [-0.4, -0.2) is 59.8 Å². The molecule has 194 valence electrons. The first-order valence-electron chi connectivity index (χ1n) is 11.8. The second-order valence-corrected chi connectivity index (χ2v) is 9.33. The van der Waals surface area contributed by atoms with E-state index in [-0.39, 0.29) is 18.2 Å². The Morgan fingerprint density at radius 3 is 2.38 bits per heavy atom. The van der Waals surface area contributed by atoms with Gasteiger partial charge in [-0.25, -0.2) is 9.59 Å². The Kier molecular flexibility index (Phi) is 9.37. The highest BCUT2D eigenvalue weighted by molar-refractivity contribution is 6.00. The molecular weight excluding hydrogens is 474 g/mol. The molecule has 9 nitrogen and oxygen atoms in total. The summed E-state index contributed by atoms with van der Waals surface area (Å²) in [5, 5.41) is 25.4. The van der Waals surface area contributed by atoms with E-state index in [0.717, 1.165) is 28.0 Å². The standard InChI is InChI=1S/C28H31N3O6/c1-31(2,18-6-17-30(36)26(32)15-16-27(33)34)19-21-11-13-22(14-12-21)20-37-28(35)29-25-10-5-8-23-7-3-4-9-24(23)25/h3-5,7-16H,6,17-20H2,1-2H3,(H,29,35)(H,33,34)/b16-15+. The van der Waals surface area contributed by atoms with Crippen molar-refractivity contribution < 1.29 is 28.7 Å². The summed E-state index contributed by atoms with van der Waals surface area (Å²) in [5.74, 6) is -2.15. The number of carbonyl (C=O) groups is 3. The van der Waals surface area contributed by atoms with Gasteiger partial charge in [-0.05, 0) is 17.0 Å². The number of amides is 2. The number of hydroxylamine groups is 2. The summed E-state index contributed by atoms with van der Waals surface area (Å²) >= 11 is 0. The molecule has 3 aromatic carbocycles. The van der Waals surface area contributed by atoms with Crippen LogP contribution in [-0.2, 0) is 27.5 Å². The lowest BCUT2D eigenvalue weighted by atomic mass is 10.1. The zero-order valence-electron chi connectivity index (χ0n) is 20.9. The van der Waals surface area contributed by atoms with Crippen molar-refractivity contribution in [1.82, 2.24) is 5.06 Å². The molecule has 9 heteroatoms. The molecule has 0 aliphatic heterocycles. The molecule has 0 aliphatic carbocycles. The van der Waals surface area contributed by atoms with Crippen LogP contribution in [0, 0.1) is 5.21 Å². The summed E-state index contributed by atoms with van der Waals surface area (Å²) in [6.45, 7) is 1.47. The summed E-state index contributed by atoms with van der Waals surface area (Å²) < 4.78 is 5.99. The summed E-state index contributed by atoms with van der Waals surface area (Å²) in [5.41, 5.74) is 2.63. The van der Waals surface area contributed by atoms with Crippen LogP contribution < -0.4 is 5.32 Å². The smallest absolute Gasteiger partial charge is 0.411 e. The molecule has 2 amide bonds. The average molecular weight is 506 g/mol. The minimum atomic E-state index is -1.28. The Morgan fingerprint density at radius 2 is 1.65 bits per heavy atom. The van der Waals surface area contributed by atoms with Crippen LogP contribution in [0.3, 0.4) is 0 Å². The molecule has 0 saturated heterocycles. The van der Waals surface area contributed by atoms with Crippen LogP contribution >= 0.6 is 0 Å².